The molecule has 1 aliphatic rings. The highest BCUT2D eigenvalue weighted by Gasteiger charge is 2.37. The summed E-state index contributed by atoms with van der Waals surface area (Å²) in [7, 11) is 0. The fourth-order valence-electron chi connectivity index (χ4n) is 5.25. The minimum absolute atomic E-state index is 0.0320. The monoisotopic (exact) mass is 444 g/mol. The van der Waals surface area contributed by atoms with E-state index in [1.165, 1.54) is 55.6 Å². The molecular formula is C33H32O. The SMILES string of the molecule is Cc1ccc(C2Oc3ccc(/C=C/c4cc(C)cc(C)c4)cc3C2c2cc(C)cc(C)c2)cc1. The molecule has 0 amide bonds. The van der Waals surface area contributed by atoms with Crippen LogP contribution < -0.4 is 4.74 Å². The molecule has 1 nitrogen and oxygen atoms in total. The zero-order valence-corrected chi connectivity index (χ0v) is 20.7. The Kier molecular flexibility index (Phi) is 5.87. The summed E-state index contributed by atoms with van der Waals surface area (Å²) in [6, 6.07) is 28.9. The predicted octanol–water partition coefficient (Wildman–Crippen LogP) is 8.66. The Balaban J connectivity index is 1.57. The van der Waals surface area contributed by atoms with Crippen molar-refractivity contribution in [1.82, 2.24) is 0 Å². The van der Waals surface area contributed by atoms with E-state index in [1.54, 1.807) is 0 Å². The van der Waals surface area contributed by atoms with Crippen molar-refractivity contribution in [2.45, 2.75) is 46.6 Å². The zero-order chi connectivity index (χ0) is 23.8. The average molecular weight is 445 g/mol. The number of hydrogen-bond donors (Lipinski definition) is 0. The first kappa shape index (κ1) is 22.2. The van der Waals surface area contributed by atoms with Crippen LogP contribution in [0.4, 0.5) is 0 Å². The molecule has 4 aromatic rings. The van der Waals surface area contributed by atoms with Crippen LogP contribution in [0.5, 0.6) is 5.75 Å². The molecule has 1 heterocycles. The molecule has 5 rings (SSSR count). The van der Waals surface area contributed by atoms with Gasteiger partial charge < -0.3 is 4.74 Å². The molecule has 0 bridgehead atoms. The molecule has 170 valence electrons. The lowest BCUT2D eigenvalue weighted by molar-refractivity contribution is 0.222. The van der Waals surface area contributed by atoms with Crippen LogP contribution in [0.3, 0.4) is 0 Å². The maximum Gasteiger partial charge on any atom is 0.135 e. The van der Waals surface area contributed by atoms with Crippen LogP contribution in [-0.2, 0) is 0 Å². The Morgan fingerprint density at radius 1 is 0.529 bits per heavy atom. The first-order valence-electron chi connectivity index (χ1n) is 12.1. The highest BCUT2D eigenvalue weighted by atomic mass is 16.5. The average Bonchev–Trinajstić information content (AvgIpc) is 3.15. The van der Waals surface area contributed by atoms with E-state index in [4.69, 9.17) is 4.74 Å². The van der Waals surface area contributed by atoms with Crippen LogP contribution in [-0.4, -0.2) is 0 Å². The van der Waals surface area contributed by atoms with Gasteiger partial charge in [0.05, 0.1) is 5.92 Å². The van der Waals surface area contributed by atoms with Crippen molar-refractivity contribution < 1.29 is 4.74 Å². The molecule has 0 N–H and O–H groups in total. The molecular weight excluding hydrogens is 412 g/mol. The van der Waals surface area contributed by atoms with Gasteiger partial charge in [0.1, 0.15) is 11.9 Å². The van der Waals surface area contributed by atoms with Gasteiger partial charge in [-0.3, -0.25) is 0 Å². The first-order chi connectivity index (χ1) is 16.4. The van der Waals surface area contributed by atoms with Crippen molar-refractivity contribution >= 4 is 12.2 Å². The summed E-state index contributed by atoms with van der Waals surface area (Å²) < 4.78 is 6.60. The normalized spacial score (nSPS) is 17.1. The minimum Gasteiger partial charge on any atom is -0.484 e. The van der Waals surface area contributed by atoms with E-state index < -0.39 is 0 Å². The van der Waals surface area contributed by atoms with E-state index in [2.05, 4.69) is 126 Å². The number of rotatable bonds is 4. The molecule has 0 aliphatic carbocycles. The zero-order valence-electron chi connectivity index (χ0n) is 20.7. The van der Waals surface area contributed by atoms with Crippen LogP contribution in [0.1, 0.15) is 67.7 Å². The molecule has 0 saturated heterocycles. The molecule has 0 saturated carbocycles. The molecule has 1 aliphatic heterocycles. The fraction of sp³-hybridized carbons (Fsp3) is 0.212. The van der Waals surface area contributed by atoms with Crippen molar-refractivity contribution in [2.24, 2.45) is 0 Å². The van der Waals surface area contributed by atoms with Gasteiger partial charge in [-0.1, -0.05) is 107 Å². The van der Waals surface area contributed by atoms with Gasteiger partial charge >= 0.3 is 0 Å². The summed E-state index contributed by atoms with van der Waals surface area (Å²) in [5.74, 6) is 1.14. The summed E-state index contributed by atoms with van der Waals surface area (Å²) in [5, 5.41) is 0. The van der Waals surface area contributed by atoms with Crippen molar-refractivity contribution in [2.75, 3.05) is 0 Å². The minimum atomic E-state index is -0.0320. The molecule has 4 aromatic carbocycles. The van der Waals surface area contributed by atoms with Crippen molar-refractivity contribution in [1.29, 1.82) is 0 Å². The fourth-order valence-corrected chi connectivity index (χ4v) is 5.25. The van der Waals surface area contributed by atoms with Gasteiger partial charge in [0.25, 0.3) is 0 Å². The Morgan fingerprint density at radius 3 is 1.76 bits per heavy atom. The van der Waals surface area contributed by atoms with E-state index in [1.807, 2.05) is 0 Å². The summed E-state index contributed by atoms with van der Waals surface area (Å²) in [6.45, 7) is 10.8. The summed E-state index contributed by atoms with van der Waals surface area (Å²) in [6.07, 6.45) is 4.39. The lowest BCUT2D eigenvalue weighted by atomic mass is 9.83. The Labute approximate surface area is 203 Å². The van der Waals surface area contributed by atoms with Gasteiger partial charge in [-0.15, -0.1) is 0 Å². The second kappa shape index (κ2) is 8.99. The molecule has 0 spiro atoms. The first-order valence-corrected chi connectivity index (χ1v) is 12.1. The molecule has 2 atom stereocenters. The van der Waals surface area contributed by atoms with Crippen molar-refractivity contribution in [3.05, 3.63) is 134 Å². The maximum atomic E-state index is 6.60. The standard InChI is InChI=1S/C33H32O/c1-21-6-11-28(12-7-21)33-32(29-18-24(4)15-25(5)19-29)30-20-26(10-13-31(30)34-33)8-9-27-16-22(2)14-23(3)17-27/h6-20,32-33H,1-5H3/b9-8+. The number of hydrogen-bond acceptors (Lipinski definition) is 1. The van der Waals surface area contributed by atoms with Crippen LogP contribution >= 0.6 is 0 Å². The van der Waals surface area contributed by atoms with E-state index in [-0.39, 0.29) is 12.0 Å². The topological polar surface area (TPSA) is 9.23 Å². The molecule has 2 unspecified atom stereocenters. The quantitative estimate of drug-likeness (QED) is 0.286. The van der Waals surface area contributed by atoms with E-state index >= 15 is 0 Å². The lowest BCUT2D eigenvalue weighted by Crippen LogP contribution is -2.12. The highest BCUT2D eigenvalue weighted by molar-refractivity contribution is 5.71. The third kappa shape index (κ3) is 4.56. The number of fused-ring (bicyclic) bond motifs is 1. The van der Waals surface area contributed by atoms with Gasteiger partial charge in [0.2, 0.25) is 0 Å². The van der Waals surface area contributed by atoms with Crippen molar-refractivity contribution in [3.8, 4) is 5.75 Å². The third-order valence-electron chi connectivity index (χ3n) is 6.65. The lowest BCUT2D eigenvalue weighted by Gasteiger charge is -2.21. The summed E-state index contributed by atoms with van der Waals surface area (Å²) in [4.78, 5) is 0. The third-order valence-corrected chi connectivity index (χ3v) is 6.65. The van der Waals surface area contributed by atoms with Crippen LogP contribution in [0.15, 0.2) is 78.9 Å². The van der Waals surface area contributed by atoms with Gasteiger partial charge in [-0.05, 0) is 69.0 Å². The van der Waals surface area contributed by atoms with Gasteiger partial charge in [0.15, 0.2) is 0 Å². The maximum absolute atomic E-state index is 6.60. The number of aryl methyl sites for hydroxylation is 5. The molecule has 34 heavy (non-hydrogen) atoms. The van der Waals surface area contributed by atoms with Gasteiger partial charge in [-0.25, -0.2) is 0 Å². The second-order valence-corrected chi connectivity index (χ2v) is 9.90. The molecule has 0 radical (unpaired) electrons. The van der Waals surface area contributed by atoms with Gasteiger partial charge in [-0.2, -0.15) is 0 Å². The summed E-state index contributed by atoms with van der Waals surface area (Å²) >= 11 is 0. The number of benzene rings is 4. The second-order valence-electron chi connectivity index (χ2n) is 9.90. The Morgan fingerprint density at radius 2 is 1.12 bits per heavy atom. The van der Waals surface area contributed by atoms with Crippen molar-refractivity contribution in [3.63, 3.8) is 0 Å². The van der Waals surface area contributed by atoms with Crippen LogP contribution in [0.2, 0.25) is 0 Å². The molecule has 0 aromatic heterocycles. The Bertz CT molecular complexity index is 1330. The predicted molar refractivity (Wildman–Crippen MR) is 144 cm³/mol. The largest absolute Gasteiger partial charge is 0.484 e. The van der Waals surface area contributed by atoms with E-state index in [0.29, 0.717) is 0 Å². The van der Waals surface area contributed by atoms with E-state index in [9.17, 15) is 0 Å². The van der Waals surface area contributed by atoms with Crippen LogP contribution in [0.25, 0.3) is 12.2 Å². The molecule has 1 heteroatoms. The highest BCUT2D eigenvalue weighted by Crippen LogP contribution is 2.50. The number of ether oxygens (including phenoxy) is 1. The molecule has 0 fully saturated rings. The van der Waals surface area contributed by atoms with Crippen LogP contribution in [0, 0.1) is 34.6 Å². The van der Waals surface area contributed by atoms with Gasteiger partial charge in [0, 0.05) is 5.56 Å². The van der Waals surface area contributed by atoms with E-state index in [0.717, 1.165) is 5.75 Å². The summed E-state index contributed by atoms with van der Waals surface area (Å²) in [5.41, 5.74) is 12.7. The Hall–Kier alpha value is -3.58. The smallest absolute Gasteiger partial charge is 0.135 e.